The molecule has 3 rings (SSSR count). The fourth-order valence-electron chi connectivity index (χ4n) is 3.08. The van der Waals surface area contributed by atoms with Gasteiger partial charge < -0.3 is 15.4 Å². The predicted molar refractivity (Wildman–Crippen MR) is 108 cm³/mol. The Morgan fingerprint density at radius 1 is 1.19 bits per heavy atom. The molecule has 1 aliphatic rings. The topological polar surface area (TPSA) is 66.7 Å². The zero-order valence-electron chi connectivity index (χ0n) is 16.1. The van der Waals surface area contributed by atoms with E-state index in [4.69, 9.17) is 9.73 Å². The Hall–Kier alpha value is -2.38. The maximum atomic E-state index is 5.39. The van der Waals surface area contributed by atoms with E-state index in [1.54, 1.807) is 6.20 Å². The Bertz CT molecular complexity index is 694. The highest BCUT2D eigenvalue weighted by molar-refractivity contribution is 5.79. The molecule has 7 heteroatoms. The Morgan fingerprint density at radius 3 is 2.81 bits per heavy atom. The lowest BCUT2D eigenvalue weighted by Gasteiger charge is -2.26. The van der Waals surface area contributed by atoms with Gasteiger partial charge in [-0.05, 0) is 24.1 Å². The second kappa shape index (κ2) is 10.7. The summed E-state index contributed by atoms with van der Waals surface area (Å²) in [5, 5.41) is 11.0. The van der Waals surface area contributed by atoms with E-state index >= 15 is 0 Å². The normalized spacial score (nSPS) is 15.7. The number of hydrogen-bond acceptors (Lipinski definition) is 4. The van der Waals surface area contributed by atoms with Crippen LogP contribution in [0.1, 0.15) is 18.1 Å². The zero-order valence-corrected chi connectivity index (χ0v) is 16.1. The van der Waals surface area contributed by atoms with Crippen molar-refractivity contribution in [3.63, 3.8) is 0 Å². The average molecular weight is 371 g/mol. The molecule has 27 heavy (non-hydrogen) atoms. The van der Waals surface area contributed by atoms with E-state index in [-0.39, 0.29) is 0 Å². The third kappa shape index (κ3) is 6.69. The molecule has 0 aliphatic carbocycles. The standard InChI is InChI=1S/C20H30N6O/c1-2-21-20(22-8-10-25-11-13-27-14-12-25)23-16-18-5-3-6-19(15-18)17-26-9-4-7-24-26/h3-7,9,15H,2,8,10-14,16-17H2,1H3,(H2,21,22,23). The number of rotatable bonds is 8. The fourth-order valence-corrected chi connectivity index (χ4v) is 3.08. The highest BCUT2D eigenvalue weighted by atomic mass is 16.5. The first-order valence-corrected chi connectivity index (χ1v) is 9.71. The largest absolute Gasteiger partial charge is 0.379 e. The van der Waals surface area contributed by atoms with E-state index in [0.29, 0.717) is 6.54 Å². The van der Waals surface area contributed by atoms with Gasteiger partial charge in [-0.2, -0.15) is 5.10 Å². The Labute approximate surface area is 161 Å². The molecule has 0 spiro atoms. The van der Waals surface area contributed by atoms with E-state index in [1.807, 2.05) is 16.9 Å². The van der Waals surface area contributed by atoms with Gasteiger partial charge in [0, 0.05) is 45.1 Å². The molecular weight excluding hydrogens is 340 g/mol. The lowest BCUT2D eigenvalue weighted by atomic mass is 10.1. The second-order valence-corrected chi connectivity index (χ2v) is 6.60. The Kier molecular flexibility index (Phi) is 7.68. The summed E-state index contributed by atoms with van der Waals surface area (Å²) in [6, 6.07) is 10.5. The van der Waals surface area contributed by atoms with Crippen LogP contribution >= 0.6 is 0 Å². The van der Waals surface area contributed by atoms with E-state index < -0.39 is 0 Å². The number of guanidine groups is 1. The van der Waals surface area contributed by atoms with Crippen molar-refractivity contribution in [1.29, 1.82) is 0 Å². The first-order chi connectivity index (χ1) is 13.3. The zero-order chi connectivity index (χ0) is 18.7. The predicted octanol–water partition coefficient (Wildman–Crippen LogP) is 1.32. The summed E-state index contributed by atoms with van der Waals surface area (Å²) in [4.78, 5) is 7.15. The van der Waals surface area contributed by atoms with Crippen LogP contribution in [0.2, 0.25) is 0 Å². The molecule has 0 bridgehead atoms. The summed E-state index contributed by atoms with van der Waals surface area (Å²) >= 11 is 0. The fraction of sp³-hybridized carbons (Fsp3) is 0.500. The molecule has 0 atom stereocenters. The minimum Gasteiger partial charge on any atom is -0.379 e. The molecule has 1 aromatic carbocycles. The number of ether oxygens (including phenoxy) is 1. The minimum atomic E-state index is 0.653. The monoisotopic (exact) mass is 370 g/mol. The van der Waals surface area contributed by atoms with Crippen molar-refractivity contribution in [3.8, 4) is 0 Å². The van der Waals surface area contributed by atoms with Gasteiger partial charge in [-0.15, -0.1) is 0 Å². The molecule has 2 N–H and O–H groups in total. The summed E-state index contributed by atoms with van der Waals surface area (Å²) in [7, 11) is 0. The summed E-state index contributed by atoms with van der Waals surface area (Å²) in [5.41, 5.74) is 2.43. The van der Waals surface area contributed by atoms with E-state index in [2.05, 4.69) is 51.8 Å². The van der Waals surface area contributed by atoms with Crippen molar-refractivity contribution in [2.24, 2.45) is 4.99 Å². The van der Waals surface area contributed by atoms with E-state index in [1.165, 1.54) is 11.1 Å². The van der Waals surface area contributed by atoms with Gasteiger partial charge in [0.25, 0.3) is 0 Å². The molecular formula is C20H30N6O. The van der Waals surface area contributed by atoms with Crippen LogP contribution in [0.25, 0.3) is 0 Å². The number of nitrogens with zero attached hydrogens (tertiary/aromatic N) is 4. The van der Waals surface area contributed by atoms with Crippen molar-refractivity contribution < 1.29 is 4.74 Å². The lowest BCUT2D eigenvalue weighted by Crippen LogP contribution is -2.44. The summed E-state index contributed by atoms with van der Waals surface area (Å²) in [6.45, 7) is 9.95. The third-order valence-corrected chi connectivity index (χ3v) is 4.48. The highest BCUT2D eigenvalue weighted by Crippen LogP contribution is 2.08. The number of aliphatic imine (C=N–C) groups is 1. The average Bonchev–Trinajstić information content (AvgIpc) is 3.20. The Balaban J connectivity index is 1.51. The van der Waals surface area contributed by atoms with Crippen LogP contribution in [-0.4, -0.2) is 66.6 Å². The molecule has 0 unspecified atom stereocenters. The van der Waals surface area contributed by atoms with Crippen LogP contribution in [-0.2, 0) is 17.8 Å². The van der Waals surface area contributed by atoms with Crippen LogP contribution in [0.3, 0.4) is 0 Å². The van der Waals surface area contributed by atoms with Crippen molar-refractivity contribution in [3.05, 3.63) is 53.9 Å². The number of morpholine rings is 1. The molecule has 7 nitrogen and oxygen atoms in total. The van der Waals surface area contributed by atoms with Gasteiger partial charge >= 0.3 is 0 Å². The maximum Gasteiger partial charge on any atom is 0.191 e. The van der Waals surface area contributed by atoms with E-state index in [0.717, 1.165) is 58.4 Å². The smallest absolute Gasteiger partial charge is 0.191 e. The van der Waals surface area contributed by atoms with Gasteiger partial charge in [0.1, 0.15) is 0 Å². The molecule has 146 valence electrons. The van der Waals surface area contributed by atoms with E-state index in [9.17, 15) is 0 Å². The summed E-state index contributed by atoms with van der Waals surface area (Å²) < 4.78 is 7.32. The maximum absolute atomic E-state index is 5.39. The minimum absolute atomic E-state index is 0.653. The molecule has 1 saturated heterocycles. The molecule has 2 aromatic rings. The van der Waals surface area contributed by atoms with Gasteiger partial charge in [-0.1, -0.05) is 24.3 Å². The van der Waals surface area contributed by atoms with Crippen LogP contribution < -0.4 is 10.6 Å². The van der Waals surface area contributed by atoms with Crippen LogP contribution in [0.5, 0.6) is 0 Å². The first kappa shape index (κ1) is 19.4. The molecule has 0 amide bonds. The molecule has 1 fully saturated rings. The quantitative estimate of drug-likeness (QED) is 0.542. The van der Waals surface area contributed by atoms with Gasteiger partial charge in [-0.25, -0.2) is 4.99 Å². The molecule has 1 aliphatic heterocycles. The molecule has 1 aromatic heterocycles. The molecule has 0 radical (unpaired) electrons. The third-order valence-electron chi connectivity index (χ3n) is 4.48. The highest BCUT2D eigenvalue weighted by Gasteiger charge is 2.09. The van der Waals surface area contributed by atoms with Crippen molar-refractivity contribution in [2.45, 2.75) is 20.0 Å². The summed E-state index contributed by atoms with van der Waals surface area (Å²) in [5.74, 6) is 0.864. The van der Waals surface area contributed by atoms with Gasteiger partial charge in [0.2, 0.25) is 0 Å². The van der Waals surface area contributed by atoms with Crippen molar-refractivity contribution in [2.75, 3.05) is 45.9 Å². The Morgan fingerprint density at radius 2 is 2.04 bits per heavy atom. The SMILES string of the molecule is CCNC(=NCc1cccc(Cn2cccn2)c1)NCCN1CCOCC1. The van der Waals surface area contributed by atoms with Crippen LogP contribution in [0.15, 0.2) is 47.7 Å². The summed E-state index contributed by atoms with van der Waals surface area (Å²) in [6.07, 6.45) is 3.78. The van der Waals surface area contributed by atoms with Gasteiger partial charge in [0.15, 0.2) is 5.96 Å². The number of hydrogen-bond donors (Lipinski definition) is 2. The molecule has 0 saturated carbocycles. The first-order valence-electron chi connectivity index (χ1n) is 9.71. The van der Waals surface area contributed by atoms with Crippen LogP contribution in [0, 0.1) is 0 Å². The van der Waals surface area contributed by atoms with Gasteiger partial charge in [-0.3, -0.25) is 9.58 Å². The molecule has 2 heterocycles. The van der Waals surface area contributed by atoms with Crippen molar-refractivity contribution >= 4 is 5.96 Å². The number of benzene rings is 1. The second-order valence-electron chi connectivity index (χ2n) is 6.60. The van der Waals surface area contributed by atoms with Gasteiger partial charge in [0.05, 0.1) is 26.3 Å². The van der Waals surface area contributed by atoms with Crippen molar-refractivity contribution in [1.82, 2.24) is 25.3 Å². The lowest BCUT2D eigenvalue weighted by molar-refractivity contribution is 0.0389. The van der Waals surface area contributed by atoms with Crippen LogP contribution in [0.4, 0.5) is 0 Å². The number of aromatic nitrogens is 2. The number of nitrogens with one attached hydrogen (secondary N) is 2.